The van der Waals surface area contributed by atoms with Crippen LogP contribution in [0.2, 0.25) is 10.0 Å². The lowest BCUT2D eigenvalue weighted by Crippen LogP contribution is -2.49. The van der Waals surface area contributed by atoms with Crippen molar-refractivity contribution in [1.29, 1.82) is 0 Å². The zero-order valence-corrected chi connectivity index (χ0v) is 12.4. The first kappa shape index (κ1) is 14.4. The molecule has 0 spiro atoms. The molecule has 0 aliphatic carbocycles. The van der Waals surface area contributed by atoms with E-state index in [9.17, 15) is 4.79 Å². The Balaban J connectivity index is 1.96. The third-order valence-corrected chi connectivity index (χ3v) is 3.83. The normalized spacial score (nSPS) is 15.3. The summed E-state index contributed by atoms with van der Waals surface area (Å²) in [7, 11) is 0. The summed E-state index contributed by atoms with van der Waals surface area (Å²) in [5.74, 6) is 0. The minimum Gasteiger partial charge on any atom is -0.345 e. The molecule has 7 heteroatoms. The molecule has 0 saturated carbocycles. The average Bonchev–Trinajstić information content (AvgIpc) is 2.42. The average molecular weight is 318 g/mol. The Kier molecular flexibility index (Phi) is 4.85. The smallest absolute Gasteiger partial charge is 0.209 e. The predicted octanol–water partition coefficient (Wildman–Crippen LogP) is 2.46. The van der Waals surface area contributed by atoms with Gasteiger partial charge in [0.15, 0.2) is 5.11 Å². The summed E-state index contributed by atoms with van der Waals surface area (Å²) in [6.07, 6.45) is 0.865. The molecule has 1 aliphatic heterocycles. The van der Waals surface area contributed by atoms with Gasteiger partial charge in [0.2, 0.25) is 6.41 Å². The Morgan fingerprint density at radius 2 is 1.95 bits per heavy atom. The van der Waals surface area contributed by atoms with Gasteiger partial charge in [0.1, 0.15) is 0 Å². The summed E-state index contributed by atoms with van der Waals surface area (Å²) >= 11 is 17.3. The van der Waals surface area contributed by atoms with Gasteiger partial charge in [-0.15, -0.1) is 0 Å². The van der Waals surface area contributed by atoms with Gasteiger partial charge in [-0.3, -0.25) is 4.79 Å². The Labute approximate surface area is 127 Å². The number of thiocarbonyl (C=S) groups is 1. The summed E-state index contributed by atoms with van der Waals surface area (Å²) < 4.78 is 0. The van der Waals surface area contributed by atoms with E-state index in [0.717, 1.165) is 25.2 Å². The summed E-state index contributed by atoms with van der Waals surface area (Å²) in [6, 6.07) is 5.21. The first-order valence-corrected chi connectivity index (χ1v) is 6.97. The summed E-state index contributed by atoms with van der Waals surface area (Å²) in [4.78, 5) is 14.4. The number of carbonyl (C=O) groups excluding carboxylic acids is 1. The minimum atomic E-state index is 0.529. The lowest BCUT2D eigenvalue weighted by molar-refractivity contribution is -0.119. The van der Waals surface area contributed by atoms with E-state index in [1.54, 1.807) is 23.1 Å². The maximum absolute atomic E-state index is 10.6. The van der Waals surface area contributed by atoms with Crippen LogP contribution in [0.25, 0.3) is 0 Å². The van der Waals surface area contributed by atoms with Gasteiger partial charge in [0, 0.05) is 31.2 Å². The quantitative estimate of drug-likeness (QED) is 0.671. The molecule has 1 heterocycles. The highest BCUT2D eigenvalue weighted by molar-refractivity contribution is 7.80. The van der Waals surface area contributed by atoms with Crippen molar-refractivity contribution in [2.24, 2.45) is 0 Å². The number of anilines is 1. The van der Waals surface area contributed by atoms with Crippen molar-refractivity contribution in [3.63, 3.8) is 0 Å². The van der Waals surface area contributed by atoms with Crippen molar-refractivity contribution >= 4 is 52.6 Å². The van der Waals surface area contributed by atoms with E-state index in [1.165, 1.54) is 0 Å². The fourth-order valence-corrected chi connectivity index (χ4v) is 2.56. The molecule has 1 saturated heterocycles. The van der Waals surface area contributed by atoms with Crippen LogP contribution in [0.15, 0.2) is 18.2 Å². The SMILES string of the molecule is O=CN1CCN(C(=S)Nc2ccc(Cl)cc2Cl)CC1. The van der Waals surface area contributed by atoms with Gasteiger partial charge < -0.3 is 15.1 Å². The van der Waals surface area contributed by atoms with Gasteiger partial charge in [-0.1, -0.05) is 23.2 Å². The standard InChI is InChI=1S/C12H13Cl2N3OS/c13-9-1-2-11(10(14)7-9)15-12(19)17-5-3-16(8-18)4-6-17/h1-2,7-8H,3-6H2,(H,15,19). The number of rotatable bonds is 2. The largest absolute Gasteiger partial charge is 0.345 e. The van der Waals surface area contributed by atoms with Crippen molar-refractivity contribution in [3.05, 3.63) is 28.2 Å². The monoisotopic (exact) mass is 317 g/mol. The van der Waals surface area contributed by atoms with Gasteiger partial charge >= 0.3 is 0 Å². The van der Waals surface area contributed by atoms with Crippen molar-refractivity contribution in [2.75, 3.05) is 31.5 Å². The van der Waals surface area contributed by atoms with Crippen LogP contribution in [-0.2, 0) is 4.79 Å². The molecular formula is C12H13Cl2N3OS. The van der Waals surface area contributed by atoms with Crippen molar-refractivity contribution in [1.82, 2.24) is 9.80 Å². The topological polar surface area (TPSA) is 35.6 Å². The zero-order valence-electron chi connectivity index (χ0n) is 10.1. The number of halogens is 2. The Bertz CT molecular complexity index is 490. The summed E-state index contributed by atoms with van der Waals surface area (Å²) in [6.45, 7) is 2.80. The van der Waals surface area contributed by atoms with Crippen molar-refractivity contribution in [2.45, 2.75) is 0 Å². The van der Waals surface area contributed by atoms with E-state index in [1.807, 2.05) is 4.90 Å². The highest BCUT2D eigenvalue weighted by Crippen LogP contribution is 2.25. The van der Waals surface area contributed by atoms with E-state index in [0.29, 0.717) is 28.2 Å². The third kappa shape index (κ3) is 3.72. The molecule has 19 heavy (non-hydrogen) atoms. The minimum absolute atomic E-state index is 0.529. The lowest BCUT2D eigenvalue weighted by Gasteiger charge is -2.34. The van der Waals surface area contributed by atoms with Crippen LogP contribution in [0.5, 0.6) is 0 Å². The number of nitrogens with one attached hydrogen (secondary N) is 1. The van der Waals surface area contributed by atoms with Crippen LogP contribution in [0.4, 0.5) is 5.69 Å². The molecule has 0 unspecified atom stereocenters. The van der Waals surface area contributed by atoms with Crippen LogP contribution < -0.4 is 5.32 Å². The molecule has 0 bridgehead atoms. The molecule has 4 nitrogen and oxygen atoms in total. The highest BCUT2D eigenvalue weighted by Gasteiger charge is 2.18. The van der Waals surface area contributed by atoms with Gasteiger partial charge in [-0.2, -0.15) is 0 Å². The van der Waals surface area contributed by atoms with Crippen LogP contribution >= 0.6 is 35.4 Å². The highest BCUT2D eigenvalue weighted by atomic mass is 35.5. The molecule has 0 atom stereocenters. The van der Waals surface area contributed by atoms with Gasteiger partial charge in [0.25, 0.3) is 0 Å². The predicted molar refractivity (Wildman–Crippen MR) is 81.9 cm³/mol. The fourth-order valence-electron chi connectivity index (χ4n) is 1.82. The summed E-state index contributed by atoms with van der Waals surface area (Å²) in [5.41, 5.74) is 0.730. The first-order valence-electron chi connectivity index (χ1n) is 5.80. The number of amides is 1. The number of piperazine rings is 1. The molecule has 1 aromatic carbocycles. The van der Waals surface area contributed by atoms with Gasteiger partial charge in [-0.05, 0) is 30.4 Å². The number of benzene rings is 1. The number of nitrogens with zero attached hydrogens (tertiary/aromatic N) is 2. The molecule has 1 fully saturated rings. The van der Waals surface area contributed by atoms with E-state index < -0.39 is 0 Å². The van der Waals surface area contributed by atoms with E-state index in [4.69, 9.17) is 35.4 Å². The zero-order chi connectivity index (χ0) is 13.8. The van der Waals surface area contributed by atoms with Crippen LogP contribution in [0.3, 0.4) is 0 Å². The second-order valence-corrected chi connectivity index (χ2v) is 5.41. The Morgan fingerprint density at radius 1 is 1.26 bits per heavy atom. The van der Waals surface area contributed by atoms with Crippen LogP contribution in [0.1, 0.15) is 0 Å². The number of hydrogen-bond acceptors (Lipinski definition) is 2. The second kappa shape index (κ2) is 6.41. The third-order valence-electron chi connectivity index (χ3n) is 2.92. The maximum atomic E-state index is 10.6. The van der Waals surface area contributed by atoms with Gasteiger partial charge in [0.05, 0.1) is 10.7 Å². The molecule has 102 valence electrons. The summed E-state index contributed by atoms with van der Waals surface area (Å²) in [5, 5.41) is 4.82. The number of hydrogen-bond donors (Lipinski definition) is 1. The maximum Gasteiger partial charge on any atom is 0.209 e. The molecule has 0 radical (unpaired) electrons. The van der Waals surface area contributed by atoms with Crippen molar-refractivity contribution in [3.8, 4) is 0 Å². The molecular weight excluding hydrogens is 305 g/mol. The molecule has 1 amide bonds. The second-order valence-electron chi connectivity index (χ2n) is 4.18. The lowest BCUT2D eigenvalue weighted by atomic mass is 10.3. The Morgan fingerprint density at radius 3 is 2.53 bits per heavy atom. The van der Waals surface area contributed by atoms with E-state index in [-0.39, 0.29) is 0 Å². The molecule has 1 N–H and O–H groups in total. The fraction of sp³-hybridized carbons (Fsp3) is 0.333. The van der Waals surface area contributed by atoms with Crippen LogP contribution in [-0.4, -0.2) is 47.5 Å². The first-order chi connectivity index (χ1) is 9.10. The van der Waals surface area contributed by atoms with Crippen LogP contribution in [0, 0.1) is 0 Å². The number of carbonyl (C=O) groups is 1. The molecule has 1 aliphatic rings. The Hall–Kier alpha value is -1.04. The molecule has 1 aromatic rings. The van der Waals surface area contributed by atoms with Crippen molar-refractivity contribution < 1.29 is 4.79 Å². The van der Waals surface area contributed by atoms with Gasteiger partial charge in [-0.25, -0.2) is 0 Å². The molecule has 0 aromatic heterocycles. The van der Waals surface area contributed by atoms with E-state index >= 15 is 0 Å². The molecule has 2 rings (SSSR count). The van der Waals surface area contributed by atoms with E-state index in [2.05, 4.69) is 5.32 Å².